The van der Waals surface area contributed by atoms with Gasteiger partial charge in [-0.2, -0.15) is 0 Å². The van der Waals surface area contributed by atoms with Crippen molar-refractivity contribution in [3.8, 4) is 17.2 Å². The van der Waals surface area contributed by atoms with Crippen LogP contribution in [0.2, 0.25) is 5.02 Å². The van der Waals surface area contributed by atoms with Crippen LogP contribution in [0.1, 0.15) is 25.8 Å². The maximum Gasteiger partial charge on any atom is 0.238 e. The number of carbonyl (C=O) groups is 1. The van der Waals surface area contributed by atoms with Crippen molar-refractivity contribution in [2.45, 2.75) is 32.7 Å². The van der Waals surface area contributed by atoms with Crippen molar-refractivity contribution in [3.05, 3.63) is 53.1 Å². The van der Waals surface area contributed by atoms with Crippen LogP contribution in [0.15, 0.2) is 42.5 Å². The molecule has 0 saturated heterocycles. The summed E-state index contributed by atoms with van der Waals surface area (Å²) in [4.78, 5) is 12.4. The largest absolute Gasteiger partial charge is 0.493 e. The third kappa shape index (κ3) is 8.75. The first-order valence-electron chi connectivity index (χ1n) is 10.7. The fourth-order valence-corrected chi connectivity index (χ4v) is 4.01. The molecule has 0 bridgehead atoms. The molecule has 182 valence electrons. The zero-order valence-electron chi connectivity index (χ0n) is 19.1. The summed E-state index contributed by atoms with van der Waals surface area (Å²) in [6.45, 7) is 4.26. The van der Waals surface area contributed by atoms with E-state index in [2.05, 4.69) is 10.0 Å². The van der Waals surface area contributed by atoms with Crippen molar-refractivity contribution >= 4 is 27.5 Å². The van der Waals surface area contributed by atoms with Crippen LogP contribution in [-0.2, 0) is 21.2 Å². The Kier molecular flexibility index (Phi) is 10.8. The van der Waals surface area contributed by atoms with Crippen LogP contribution in [-0.4, -0.2) is 53.0 Å². The Bertz CT molecular complexity index is 999. The van der Waals surface area contributed by atoms with Gasteiger partial charge < -0.3 is 19.5 Å². The van der Waals surface area contributed by atoms with Crippen molar-refractivity contribution in [3.63, 3.8) is 0 Å². The van der Waals surface area contributed by atoms with E-state index in [1.807, 2.05) is 12.1 Å². The van der Waals surface area contributed by atoms with E-state index < -0.39 is 16.1 Å². The van der Waals surface area contributed by atoms with Gasteiger partial charge in [0.2, 0.25) is 15.9 Å². The molecule has 2 aromatic rings. The number of carbonyl (C=O) groups excluding carboxylic acids is 1. The Morgan fingerprint density at radius 1 is 1.06 bits per heavy atom. The number of para-hydroxylation sites is 1. The maximum absolute atomic E-state index is 12.4. The third-order valence-corrected chi connectivity index (χ3v) is 6.46. The lowest BCUT2D eigenvalue weighted by Crippen LogP contribution is -2.47. The highest BCUT2D eigenvalue weighted by Gasteiger charge is 2.21. The molecular weight excluding hydrogens is 468 g/mol. The number of methoxy groups -OCH3 is 1. The quantitative estimate of drug-likeness (QED) is 0.388. The smallest absolute Gasteiger partial charge is 0.238 e. The molecule has 0 aliphatic heterocycles. The summed E-state index contributed by atoms with van der Waals surface area (Å²) in [5.74, 6) is 1.41. The Morgan fingerprint density at radius 2 is 1.76 bits per heavy atom. The molecule has 0 aliphatic carbocycles. The van der Waals surface area contributed by atoms with Crippen LogP contribution in [0.4, 0.5) is 0 Å². The first-order chi connectivity index (χ1) is 15.8. The monoisotopic (exact) mass is 498 g/mol. The van der Waals surface area contributed by atoms with Crippen molar-refractivity contribution in [2.24, 2.45) is 0 Å². The van der Waals surface area contributed by atoms with E-state index in [0.717, 1.165) is 5.56 Å². The van der Waals surface area contributed by atoms with Crippen LogP contribution < -0.4 is 24.2 Å². The van der Waals surface area contributed by atoms with Gasteiger partial charge in [-0.05, 0) is 55.7 Å². The molecule has 0 heterocycles. The molecule has 0 fully saturated rings. The second-order valence-electron chi connectivity index (χ2n) is 7.12. The summed E-state index contributed by atoms with van der Waals surface area (Å²) < 4.78 is 42.9. The summed E-state index contributed by atoms with van der Waals surface area (Å²) in [6, 6.07) is 11.8. The number of hydrogen-bond donors (Lipinski definition) is 2. The summed E-state index contributed by atoms with van der Waals surface area (Å²) in [6.07, 6.45) is 0.847. The average molecular weight is 499 g/mol. The van der Waals surface area contributed by atoms with E-state index in [4.69, 9.17) is 25.8 Å². The third-order valence-electron chi connectivity index (χ3n) is 4.81. The van der Waals surface area contributed by atoms with Gasteiger partial charge in [-0.15, -0.1) is 0 Å². The summed E-state index contributed by atoms with van der Waals surface area (Å²) in [7, 11) is -1.91. The molecular formula is C23H31ClN2O6S. The molecule has 2 aromatic carbocycles. The first kappa shape index (κ1) is 26.8. The molecule has 8 nitrogen and oxygen atoms in total. The van der Waals surface area contributed by atoms with Crippen LogP contribution in [0.3, 0.4) is 0 Å². The average Bonchev–Trinajstić information content (AvgIpc) is 2.81. The number of ether oxygens (including phenoxy) is 3. The lowest BCUT2D eigenvalue weighted by molar-refractivity contribution is -0.122. The number of benzene rings is 2. The molecule has 2 rings (SSSR count). The fourth-order valence-electron chi connectivity index (χ4n) is 3.01. The Morgan fingerprint density at radius 3 is 2.39 bits per heavy atom. The van der Waals surface area contributed by atoms with E-state index in [1.54, 1.807) is 44.4 Å². The number of nitrogens with one attached hydrogen (secondary N) is 2. The predicted molar refractivity (Wildman–Crippen MR) is 129 cm³/mol. The van der Waals surface area contributed by atoms with E-state index in [-0.39, 0.29) is 11.7 Å². The van der Waals surface area contributed by atoms with Gasteiger partial charge in [0.1, 0.15) is 25.0 Å². The topological polar surface area (TPSA) is 103 Å². The summed E-state index contributed by atoms with van der Waals surface area (Å²) in [5, 5.41) is 3.42. The molecule has 10 heteroatoms. The van der Waals surface area contributed by atoms with Crippen molar-refractivity contribution < 1.29 is 27.4 Å². The Balaban J connectivity index is 1.88. The minimum atomic E-state index is -3.46. The molecule has 0 spiro atoms. The molecule has 0 radical (unpaired) electrons. The Labute approximate surface area is 200 Å². The highest BCUT2D eigenvalue weighted by Crippen LogP contribution is 2.31. The van der Waals surface area contributed by atoms with Crippen molar-refractivity contribution in [1.82, 2.24) is 10.0 Å². The molecule has 0 aromatic heterocycles. The van der Waals surface area contributed by atoms with Gasteiger partial charge >= 0.3 is 0 Å². The van der Waals surface area contributed by atoms with Gasteiger partial charge in [-0.1, -0.05) is 30.7 Å². The number of halogens is 1. The van der Waals surface area contributed by atoms with Gasteiger partial charge in [0, 0.05) is 11.6 Å². The maximum atomic E-state index is 12.4. The fraction of sp³-hybridized carbons (Fsp3) is 0.435. The lowest BCUT2D eigenvalue weighted by Gasteiger charge is -2.17. The number of sulfonamides is 1. The highest BCUT2D eigenvalue weighted by molar-refractivity contribution is 7.89. The SMILES string of the molecule is CCC(NS(=O)(=O)CC)C(=O)NCCc1cccc(OCCOc2ccc(Cl)cc2)c1OC. The lowest BCUT2D eigenvalue weighted by atomic mass is 10.1. The van der Waals surface area contributed by atoms with Crippen LogP contribution in [0.25, 0.3) is 0 Å². The summed E-state index contributed by atoms with van der Waals surface area (Å²) in [5.41, 5.74) is 0.858. The molecule has 1 unspecified atom stereocenters. The minimum Gasteiger partial charge on any atom is -0.493 e. The van der Waals surface area contributed by atoms with Crippen molar-refractivity contribution in [2.75, 3.05) is 32.6 Å². The molecule has 1 atom stereocenters. The van der Waals surface area contributed by atoms with E-state index >= 15 is 0 Å². The van der Waals surface area contributed by atoms with Gasteiger partial charge in [0.05, 0.1) is 12.9 Å². The van der Waals surface area contributed by atoms with Crippen LogP contribution >= 0.6 is 11.6 Å². The van der Waals surface area contributed by atoms with Gasteiger partial charge in [0.25, 0.3) is 0 Å². The number of hydrogen-bond acceptors (Lipinski definition) is 6. The van der Waals surface area contributed by atoms with Crippen LogP contribution in [0, 0.1) is 0 Å². The molecule has 33 heavy (non-hydrogen) atoms. The normalized spacial score (nSPS) is 12.1. The van der Waals surface area contributed by atoms with Gasteiger partial charge in [0.15, 0.2) is 11.5 Å². The zero-order chi connectivity index (χ0) is 24.3. The highest BCUT2D eigenvalue weighted by atomic mass is 35.5. The van der Waals surface area contributed by atoms with E-state index in [9.17, 15) is 13.2 Å². The van der Waals surface area contributed by atoms with E-state index in [1.165, 1.54) is 6.92 Å². The minimum absolute atomic E-state index is 0.0779. The van der Waals surface area contributed by atoms with Gasteiger partial charge in [-0.3, -0.25) is 4.79 Å². The second-order valence-corrected chi connectivity index (χ2v) is 9.60. The van der Waals surface area contributed by atoms with Gasteiger partial charge in [-0.25, -0.2) is 13.1 Å². The Hall–Kier alpha value is -2.49. The molecule has 0 aliphatic rings. The zero-order valence-corrected chi connectivity index (χ0v) is 20.7. The summed E-state index contributed by atoms with van der Waals surface area (Å²) >= 11 is 5.86. The molecule has 1 amide bonds. The first-order valence-corrected chi connectivity index (χ1v) is 12.8. The second kappa shape index (κ2) is 13.3. The molecule has 0 saturated carbocycles. The standard InChI is InChI=1S/C23H31ClN2O6S/c1-4-20(26-33(28,29)5-2)23(27)25-14-13-17-7-6-8-21(22(17)30-3)32-16-15-31-19-11-9-18(24)10-12-19/h6-12,20,26H,4-5,13-16H2,1-3H3,(H,25,27). The van der Waals surface area contributed by atoms with Crippen LogP contribution in [0.5, 0.6) is 17.2 Å². The predicted octanol–water partition coefficient (Wildman–Crippen LogP) is 3.18. The number of rotatable bonds is 14. The van der Waals surface area contributed by atoms with Crippen molar-refractivity contribution in [1.29, 1.82) is 0 Å². The van der Waals surface area contributed by atoms with E-state index in [0.29, 0.717) is 54.9 Å². The molecule has 2 N–H and O–H groups in total. The number of amides is 1.